The molecule has 0 aliphatic rings. The van der Waals surface area contributed by atoms with E-state index in [1.807, 2.05) is 0 Å². The Balaban J connectivity index is 2.77. The van der Waals surface area contributed by atoms with Crippen LogP contribution in [0.3, 0.4) is 0 Å². The summed E-state index contributed by atoms with van der Waals surface area (Å²) in [5.74, 6) is -1.20. The minimum Gasteiger partial charge on any atom is -0.392 e. The molecule has 4 nitrogen and oxygen atoms in total. The lowest BCUT2D eigenvalue weighted by Gasteiger charge is -2.07. The number of nitrogens with one attached hydrogen (secondary N) is 1. The normalized spacial score (nSPS) is 12.3. The van der Waals surface area contributed by atoms with Gasteiger partial charge in [-0.1, -0.05) is 11.6 Å². The molecule has 82 valence electrons. The molecule has 1 heterocycles. The smallest absolute Gasteiger partial charge is 0.254 e. The van der Waals surface area contributed by atoms with Gasteiger partial charge < -0.3 is 10.4 Å². The van der Waals surface area contributed by atoms with Gasteiger partial charge in [-0.15, -0.1) is 0 Å². The van der Waals surface area contributed by atoms with Crippen molar-refractivity contribution in [1.29, 1.82) is 0 Å². The molecule has 0 aliphatic heterocycles. The Labute approximate surface area is 91.1 Å². The van der Waals surface area contributed by atoms with Gasteiger partial charge in [-0.3, -0.25) is 4.79 Å². The molecular weight excluding hydrogens is 223 g/mol. The Hall–Kier alpha value is -1.20. The van der Waals surface area contributed by atoms with Gasteiger partial charge in [0.25, 0.3) is 5.91 Å². The number of carbonyl (C=O) groups is 1. The zero-order chi connectivity index (χ0) is 11.4. The minimum absolute atomic E-state index is 0.0442. The van der Waals surface area contributed by atoms with Gasteiger partial charge in [0.05, 0.1) is 17.9 Å². The van der Waals surface area contributed by atoms with Gasteiger partial charge >= 0.3 is 0 Å². The van der Waals surface area contributed by atoms with Crippen LogP contribution in [0.15, 0.2) is 12.3 Å². The van der Waals surface area contributed by atoms with Gasteiger partial charge in [0.2, 0.25) is 0 Å². The first-order valence-electron chi connectivity index (χ1n) is 4.28. The summed E-state index contributed by atoms with van der Waals surface area (Å²) in [6.45, 7) is 1.59. The Morgan fingerprint density at radius 2 is 2.47 bits per heavy atom. The molecule has 1 aromatic heterocycles. The van der Waals surface area contributed by atoms with Crippen molar-refractivity contribution in [2.45, 2.75) is 13.0 Å². The summed E-state index contributed by atoms with van der Waals surface area (Å²) in [7, 11) is 0. The molecule has 0 spiro atoms. The number of hydrogen-bond donors (Lipinski definition) is 2. The van der Waals surface area contributed by atoms with E-state index in [0.29, 0.717) is 0 Å². The highest BCUT2D eigenvalue weighted by atomic mass is 35.5. The number of hydrogen-bond acceptors (Lipinski definition) is 3. The number of amides is 1. The Kier molecular flexibility index (Phi) is 3.99. The molecule has 1 aromatic rings. The standard InChI is InChI=1S/C9H10ClFN2O2/c1-5(14)3-13-9(15)7-2-6(11)4-12-8(7)10/h2,4-5,14H,3H2,1H3,(H,13,15)/t5-/m1/s1. The number of nitrogens with zero attached hydrogens (tertiary/aromatic N) is 1. The third-order valence-corrected chi connectivity index (χ3v) is 1.91. The average Bonchev–Trinajstić information content (AvgIpc) is 2.18. The van der Waals surface area contributed by atoms with Crippen molar-refractivity contribution < 1.29 is 14.3 Å². The van der Waals surface area contributed by atoms with E-state index in [2.05, 4.69) is 10.3 Å². The topological polar surface area (TPSA) is 62.2 Å². The fourth-order valence-electron chi connectivity index (χ4n) is 0.917. The highest BCUT2D eigenvalue weighted by Crippen LogP contribution is 2.13. The number of aliphatic hydroxyl groups excluding tert-OH is 1. The fraction of sp³-hybridized carbons (Fsp3) is 0.333. The molecule has 1 amide bonds. The van der Waals surface area contributed by atoms with Gasteiger partial charge in [0, 0.05) is 6.54 Å². The molecule has 0 aliphatic carbocycles. The van der Waals surface area contributed by atoms with Crippen molar-refractivity contribution in [2.75, 3.05) is 6.54 Å². The van der Waals surface area contributed by atoms with E-state index in [0.717, 1.165) is 12.3 Å². The largest absolute Gasteiger partial charge is 0.392 e. The van der Waals surface area contributed by atoms with E-state index in [9.17, 15) is 9.18 Å². The first-order valence-corrected chi connectivity index (χ1v) is 4.66. The molecule has 0 bridgehead atoms. The number of carbonyl (C=O) groups excluding carboxylic acids is 1. The van der Waals surface area contributed by atoms with Crippen molar-refractivity contribution in [2.24, 2.45) is 0 Å². The van der Waals surface area contributed by atoms with Crippen LogP contribution >= 0.6 is 11.6 Å². The van der Waals surface area contributed by atoms with Gasteiger partial charge in [0.1, 0.15) is 11.0 Å². The lowest BCUT2D eigenvalue weighted by atomic mass is 10.2. The Morgan fingerprint density at radius 3 is 3.07 bits per heavy atom. The zero-order valence-corrected chi connectivity index (χ0v) is 8.75. The highest BCUT2D eigenvalue weighted by Gasteiger charge is 2.12. The van der Waals surface area contributed by atoms with Crippen molar-refractivity contribution >= 4 is 17.5 Å². The molecule has 1 atom stereocenters. The van der Waals surface area contributed by atoms with Crippen LogP contribution in [0.25, 0.3) is 0 Å². The first kappa shape index (κ1) is 11.9. The van der Waals surface area contributed by atoms with Crippen LogP contribution in [0, 0.1) is 5.82 Å². The van der Waals surface area contributed by atoms with Crippen LogP contribution in [0.5, 0.6) is 0 Å². The summed E-state index contributed by atoms with van der Waals surface area (Å²) in [6.07, 6.45) is 0.252. The lowest BCUT2D eigenvalue weighted by molar-refractivity contribution is 0.0923. The monoisotopic (exact) mass is 232 g/mol. The van der Waals surface area contributed by atoms with E-state index < -0.39 is 17.8 Å². The second-order valence-corrected chi connectivity index (χ2v) is 3.41. The van der Waals surface area contributed by atoms with Crippen LogP contribution in [0.4, 0.5) is 4.39 Å². The quantitative estimate of drug-likeness (QED) is 0.764. The minimum atomic E-state index is -0.672. The maximum absolute atomic E-state index is 12.8. The van der Waals surface area contributed by atoms with Crippen molar-refractivity contribution in [1.82, 2.24) is 10.3 Å². The molecule has 0 saturated heterocycles. The molecule has 0 aromatic carbocycles. The second-order valence-electron chi connectivity index (χ2n) is 3.05. The van der Waals surface area contributed by atoms with Gasteiger partial charge in [0.15, 0.2) is 0 Å². The van der Waals surface area contributed by atoms with Crippen LogP contribution in [0.2, 0.25) is 5.15 Å². The lowest BCUT2D eigenvalue weighted by Crippen LogP contribution is -2.30. The van der Waals surface area contributed by atoms with E-state index in [1.54, 1.807) is 0 Å². The summed E-state index contributed by atoms with van der Waals surface area (Å²) in [5, 5.41) is 11.3. The maximum atomic E-state index is 12.8. The molecule has 1 rings (SSSR count). The molecule has 15 heavy (non-hydrogen) atoms. The maximum Gasteiger partial charge on any atom is 0.254 e. The van der Waals surface area contributed by atoms with Crippen LogP contribution in [-0.2, 0) is 0 Å². The third kappa shape index (κ3) is 3.45. The molecule has 6 heteroatoms. The SMILES string of the molecule is C[C@@H](O)CNC(=O)c1cc(F)cnc1Cl. The van der Waals surface area contributed by atoms with E-state index in [-0.39, 0.29) is 17.3 Å². The zero-order valence-electron chi connectivity index (χ0n) is 8.00. The fourth-order valence-corrected chi connectivity index (χ4v) is 1.11. The van der Waals surface area contributed by atoms with Gasteiger partial charge in [-0.25, -0.2) is 9.37 Å². The van der Waals surface area contributed by atoms with Gasteiger partial charge in [-0.05, 0) is 13.0 Å². The summed E-state index contributed by atoms with van der Waals surface area (Å²) in [5.41, 5.74) is -0.0442. The Bertz CT molecular complexity index is 371. The second kappa shape index (κ2) is 5.04. The summed E-state index contributed by atoms with van der Waals surface area (Å²) in [4.78, 5) is 14.9. The predicted octanol–water partition coefficient (Wildman–Crippen LogP) is 0.985. The number of aliphatic hydroxyl groups is 1. The molecule has 0 radical (unpaired) electrons. The predicted molar refractivity (Wildman–Crippen MR) is 53.2 cm³/mol. The number of pyridine rings is 1. The van der Waals surface area contributed by atoms with Crippen LogP contribution in [0.1, 0.15) is 17.3 Å². The molecule has 0 saturated carbocycles. The van der Waals surface area contributed by atoms with E-state index in [1.165, 1.54) is 6.92 Å². The molecular formula is C9H10ClFN2O2. The first-order chi connectivity index (χ1) is 7.00. The van der Waals surface area contributed by atoms with Crippen molar-refractivity contribution in [3.63, 3.8) is 0 Å². The van der Waals surface area contributed by atoms with E-state index >= 15 is 0 Å². The van der Waals surface area contributed by atoms with Crippen LogP contribution < -0.4 is 5.32 Å². The van der Waals surface area contributed by atoms with Crippen molar-refractivity contribution in [3.8, 4) is 0 Å². The summed E-state index contributed by atoms with van der Waals surface area (Å²) < 4.78 is 12.8. The number of halogens is 2. The highest BCUT2D eigenvalue weighted by molar-refractivity contribution is 6.32. The van der Waals surface area contributed by atoms with Crippen LogP contribution in [-0.4, -0.2) is 28.6 Å². The molecule has 0 fully saturated rings. The van der Waals surface area contributed by atoms with Gasteiger partial charge in [-0.2, -0.15) is 0 Å². The average molecular weight is 233 g/mol. The van der Waals surface area contributed by atoms with Crippen molar-refractivity contribution in [3.05, 3.63) is 28.8 Å². The Morgan fingerprint density at radius 1 is 1.80 bits per heavy atom. The summed E-state index contributed by atoms with van der Waals surface area (Å²) in [6, 6.07) is 0.993. The summed E-state index contributed by atoms with van der Waals surface area (Å²) >= 11 is 5.61. The van der Waals surface area contributed by atoms with E-state index in [4.69, 9.17) is 16.7 Å². The number of rotatable bonds is 3. The molecule has 2 N–H and O–H groups in total. The number of aromatic nitrogens is 1. The third-order valence-electron chi connectivity index (χ3n) is 1.61. The molecule has 0 unspecified atom stereocenters.